The van der Waals surface area contributed by atoms with Gasteiger partial charge in [-0.2, -0.15) is 0 Å². The van der Waals surface area contributed by atoms with Crippen LogP contribution in [-0.2, 0) is 0 Å². The summed E-state index contributed by atoms with van der Waals surface area (Å²) in [4.78, 5) is 22.2. The van der Waals surface area contributed by atoms with E-state index in [1.165, 1.54) is 11.8 Å². The summed E-state index contributed by atoms with van der Waals surface area (Å²) < 4.78 is 1.90. The molecular formula is C22H23N7OS. The Morgan fingerprint density at radius 3 is 2.61 bits per heavy atom. The Labute approximate surface area is 184 Å². The number of nitrogens with one attached hydrogen (secondary N) is 2. The van der Waals surface area contributed by atoms with E-state index in [0.29, 0.717) is 11.0 Å². The maximum Gasteiger partial charge on any atom is 0.319 e. The average Bonchev–Trinajstić information content (AvgIpc) is 3.18. The maximum atomic E-state index is 12.8. The predicted molar refractivity (Wildman–Crippen MR) is 120 cm³/mol. The molecule has 8 nitrogen and oxygen atoms in total. The van der Waals surface area contributed by atoms with Crippen LogP contribution in [0, 0.1) is 12.8 Å². The van der Waals surface area contributed by atoms with E-state index in [2.05, 4.69) is 30.8 Å². The van der Waals surface area contributed by atoms with Crippen LogP contribution in [0.1, 0.15) is 31.3 Å². The van der Waals surface area contributed by atoms with Crippen molar-refractivity contribution in [3.63, 3.8) is 0 Å². The first kappa shape index (κ1) is 20.8. The van der Waals surface area contributed by atoms with Crippen LogP contribution in [0.2, 0.25) is 0 Å². The van der Waals surface area contributed by atoms with Gasteiger partial charge in [0.15, 0.2) is 16.6 Å². The van der Waals surface area contributed by atoms with Gasteiger partial charge in [0.05, 0.1) is 6.04 Å². The summed E-state index contributed by atoms with van der Waals surface area (Å²) in [5, 5.41) is 15.2. The Bertz CT molecular complexity index is 1190. The third kappa shape index (κ3) is 4.83. The van der Waals surface area contributed by atoms with Crippen molar-refractivity contribution in [3.8, 4) is 0 Å². The minimum absolute atomic E-state index is 0.129. The van der Waals surface area contributed by atoms with Crippen LogP contribution in [0.15, 0.2) is 71.1 Å². The van der Waals surface area contributed by atoms with Gasteiger partial charge in [0.2, 0.25) is 0 Å². The number of hydrogen-bond donors (Lipinski definition) is 2. The molecule has 2 amide bonds. The lowest BCUT2D eigenvalue weighted by Gasteiger charge is -2.21. The zero-order chi connectivity index (χ0) is 21.8. The highest BCUT2D eigenvalue weighted by Gasteiger charge is 2.23. The number of rotatable bonds is 6. The van der Waals surface area contributed by atoms with Crippen LogP contribution in [0.3, 0.4) is 0 Å². The second-order valence-corrected chi connectivity index (χ2v) is 8.46. The summed E-state index contributed by atoms with van der Waals surface area (Å²) in [5.74, 6) is 0.830. The van der Waals surface area contributed by atoms with Crippen molar-refractivity contribution in [2.24, 2.45) is 5.92 Å². The lowest BCUT2D eigenvalue weighted by Crippen LogP contribution is -2.36. The van der Waals surface area contributed by atoms with Crippen molar-refractivity contribution in [1.82, 2.24) is 29.9 Å². The van der Waals surface area contributed by atoms with Crippen LogP contribution < -0.4 is 10.6 Å². The van der Waals surface area contributed by atoms with Crippen LogP contribution in [0.25, 0.3) is 5.65 Å². The first-order valence-electron chi connectivity index (χ1n) is 9.94. The Morgan fingerprint density at radius 1 is 1.06 bits per heavy atom. The molecule has 0 saturated heterocycles. The summed E-state index contributed by atoms with van der Waals surface area (Å²) >= 11 is 1.47. The minimum atomic E-state index is -0.290. The normalized spacial score (nSPS) is 12.1. The number of anilines is 1. The van der Waals surface area contributed by atoms with E-state index < -0.39 is 0 Å². The summed E-state index contributed by atoms with van der Waals surface area (Å²) in [7, 11) is 0. The topological polar surface area (TPSA) is 97.1 Å². The van der Waals surface area contributed by atoms with E-state index in [1.54, 1.807) is 18.5 Å². The SMILES string of the molecule is Cc1cc(Sc2ncccn2)ccc1NC(=O)NC(c1nnc2ccccn12)C(C)C. The van der Waals surface area contributed by atoms with Crippen molar-refractivity contribution >= 4 is 29.1 Å². The lowest BCUT2D eigenvalue weighted by molar-refractivity contribution is 0.243. The molecule has 4 rings (SSSR count). The van der Waals surface area contributed by atoms with E-state index in [-0.39, 0.29) is 18.0 Å². The second-order valence-electron chi connectivity index (χ2n) is 7.42. The zero-order valence-electron chi connectivity index (χ0n) is 17.5. The van der Waals surface area contributed by atoms with Gasteiger partial charge < -0.3 is 10.6 Å². The van der Waals surface area contributed by atoms with Crippen molar-refractivity contribution in [2.45, 2.75) is 36.9 Å². The molecule has 4 aromatic rings. The zero-order valence-corrected chi connectivity index (χ0v) is 18.3. The van der Waals surface area contributed by atoms with Crippen LogP contribution in [-0.4, -0.2) is 30.6 Å². The summed E-state index contributed by atoms with van der Waals surface area (Å²) in [6.45, 7) is 6.03. The highest BCUT2D eigenvalue weighted by atomic mass is 32.2. The van der Waals surface area contributed by atoms with Crippen molar-refractivity contribution in [3.05, 3.63) is 72.4 Å². The number of aryl methyl sites for hydroxylation is 1. The molecule has 158 valence electrons. The molecule has 0 bridgehead atoms. The van der Waals surface area contributed by atoms with Gasteiger partial charge >= 0.3 is 6.03 Å². The van der Waals surface area contributed by atoms with E-state index in [1.807, 2.05) is 67.8 Å². The number of fused-ring (bicyclic) bond motifs is 1. The van der Waals surface area contributed by atoms with Crippen LogP contribution in [0.4, 0.5) is 10.5 Å². The molecule has 2 N–H and O–H groups in total. The third-order valence-corrected chi connectivity index (χ3v) is 5.65. The molecule has 1 aromatic carbocycles. The molecule has 0 aliphatic rings. The average molecular weight is 434 g/mol. The van der Waals surface area contributed by atoms with Gasteiger partial charge in [0.25, 0.3) is 0 Å². The first-order chi connectivity index (χ1) is 15.0. The molecule has 9 heteroatoms. The van der Waals surface area contributed by atoms with Crippen LogP contribution >= 0.6 is 11.8 Å². The molecule has 3 heterocycles. The van der Waals surface area contributed by atoms with E-state index in [4.69, 9.17) is 0 Å². The fourth-order valence-corrected chi connectivity index (χ4v) is 3.99. The molecule has 0 aliphatic carbocycles. The lowest BCUT2D eigenvalue weighted by atomic mass is 10.0. The van der Waals surface area contributed by atoms with Crippen LogP contribution in [0.5, 0.6) is 0 Å². The third-order valence-electron chi connectivity index (χ3n) is 4.77. The highest BCUT2D eigenvalue weighted by molar-refractivity contribution is 7.99. The largest absolute Gasteiger partial charge is 0.328 e. The van der Waals surface area contributed by atoms with Gasteiger partial charge in [-0.15, -0.1) is 10.2 Å². The predicted octanol–water partition coefficient (Wildman–Crippen LogP) is 4.50. The Balaban J connectivity index is 1.47. The second kappa shape index (κ2) is 9.13. The molecule has 31 heavy (non-hydrogen) atoms. The Hall–Kier alpha value is -3.46. The van der Waals surface area contributed by atoms with Crippen molar-refractivity contribution < 1.29 is 4.79 Å². The highest BCUT2D eigenvalue weighted by Crippen LogP contribution is 2.28. The number of urea groups is 1. The number of pyridine rings is 1. The first-order valence-corrected chi connectivity index (χ1v) is 10.8. The number of carbonyl (C=O) groups excluding carboxylic acids is 1. The number of hydrogen-bond acceptors (Lipinski definition) is 6. The summed E-state index contributed by atoms with van der Waals surface area (Å²) in [5.41, 5.74) is 2.44. The quantitative estimate of drug-likeness (QED) is 0.435. The number of amides is 2. The van der Waals surface area contributed by atoms with E-state index >= 15 is 0 Å². The number of benzene rings is 1. The Kier molecular flexibility index (Phi) is 6.13. The van der Waals surface area contributed by atoms with E-state index in [9.17, 15) is 4.79 Å². The van der Waals surface area contributed by atoms with E-state index in [0.717, 1.165) is 21.8 Å². The molecule has 3 aromatic heterocycles. The molecule has 1 unspecified atom stereocenters. The molecule has 0 aliphatic heterocycles. The number of nitrogens with zero attached hydrogens (tertiary/aromatic N) is 5. The van der Waals surface area contributed by atoms with Gasteiger partial charge in [-0.25, -0.2) is 14.8 Å². The minimum Gasteiger partial charge on any atom is -0.328 e. The molecule has 0 fully saturated rings. The molecule has 0 saturated carbocycles. The van der Waals surface area contributed by atoms with Gasteiger partial charge in [0, 0.05) is 29.2 Å². The summed E-state index contributed by atoms with van der Waals surface area (Å²) in [6.07, 6.45) is 5.33. The van der Waals surface area contributed by atoms with Crippen molar-refractivity contribution in [2.75, 3.05) is 5.32 Å². The standard InChI is InChI=1S/C22H23N7OS/c1-14(2)19(20-28-27-18-7-4-5-12-29(18)20)26-21(30)25-17-9-8-16(13-15(17)3)31-22-23-10-6-11-24-22/h4-14,19H,1-3H3,(H2,25,26,30). The number of aromatic nitrogens is 5. The fourth-order valence-electron chi connectivity index (χ4n) is 3.18. The molecule has 1 atom stereocenters. The van der Waals surface area contributed by atoms with Gasteiger partial charge in [0.1, 0.15) is 0 Å². The molecular weight excluding hydrogens is 410 g/mol. The van der Waals surface area contributed by atoms with Gasteiger partial charge in [-0.05, 0) is 66.6 Å². The number of carbonyl (C=O) groups is 1. The smallest absolute Gasteiger partial charge is 0.319 e. The monoisotopic (exact) mass is 433 g/mol. The Morgan fingerprint density at radius 2 is 1.87 bits per heavy atom. The van der Waals surface area contributed by atoms with Gasteiger partial charge in [-0.3, -0.25) is 4.40 Å². The summed E-state index contributed by atoms with van der Waals surface area (Å²) in [6, 6.07) is 12.7. The molecule has 0 radical (unpaired) electrons. The maximum absolute atomic E-state index is 12.8. The van der Waals surface area contributed by atoms with Gasteiger partial charge in [-0.1, -0.05) is 19.9 Å². The fraction of sp³-hybridized carbons (Fsp3) is 0.227. The molecule has 0 spiro atoms. The van der Waals surface area contributed by atoms with Crippen molar-refractivity contribution in [1.29, 1.82) is 0 Å².